The largest absolute Gasteiger partial charge is 0.324 e. The van der Waals surface area contributed by atoms with Crippen LogP contribution in [0.15, 0.2) is 135 Å². The van der Waals surface area contributed by atoms with Gasteiger partial charge in [0, 0.05) is 43.1 Å². The molecule has 0 saturated carbocycles. The van der Waals surface area contributed by atoms with Crippen molar-refractivity contribution in [3.63, 3.8) is 0 Å². The van der Waals surface area contributed by atoms with Gasteiger partial charge in [-0.1, -0.05) is 103 Å². The average Bonchev–Trinajstić information content (AvgIpc) is 3.96. The van der Waals surface area contributed by atoms with Crippen LogP contribution in [-0.4, -0.2) is 36.7 Å². The Hall–Kier alpha value is -7.40. The lowest BCUT2D eigenvalue weighted by Gasteiger charge is -2.15. The lowest BCUT2D eigenvalue weighted by Crippen LogP contribution is -2.29. The van der Waals surface area contributed by atoms with Crippen LogP contribution in [0.25, 0.3) is 43.1 Å². The number of aromatic amines is 4. The molecule has 2 aliphatic heterocycles. The maximum Gasteiger partial charge on any atom is 0.261 e. The number of carbonyl (C=O) groups is 2. The summed E-state index contributed by atoms with van der Waals surface area (Å²) in [5.41, 5.74) is 4.07. The molecule has 0 atom stereocenters. The smallest absolute Gasteiger partial charge is 0.261 e. The number of fused-ring (bicyclic) bond motifs is 21. The van der Waals surface area contributed by atoms with E-state index >= 15 is 0 Å². The van der Waals surface area contributed by atoms with Gasteiger partial charge in [-0.25, -0.2) is 20.0 Å². The summed E-state index contributed by atoms with van der Waals surface area (Å²) in [7, 11) is 0. The van der Waals surface area contributed by atoms with Gasteiger partial charge in [0.25, 0.3) is 11.8 Å². The van der Waals surface area contributed by atoms with Gasteiger partial charge < -0.3 is 19.9 Å². The molecule has 246 valence electrons. The van der Waals surface area contributed by atoms with Crippen molar-refractivity contribution in [1.29, 1.82) is 0 Å². The first-order chi connectivity index (χ1) is 25.6. The number of benzene rings is 5. The third kappa shape index (κ3) is 4.07. The van der Waals surface area contributed by atoms with E-state index in [1.54, 1.807) is 24.3 Å². The van der Waals surface area contributed by atoms with Crippen LogP contribution in [0.1, 0.15) is 26.3 Å². The Morgan fingerprint density at radius 3 is 1.29 bits per heavy atom. The summed E-state index contributed by atoms with van der Waals surface area (Å²) >= 11 is 0. The fourth-order valence-corrected chi connectivity index (χ4v) is 7.58. The lowest BCUT2D eigenvalue weighted by molar-refractivity contribution is 0.0643. The number of hydrogen-bond acceptors (Lipinski definition) is 6. The van der Waals surface area contributed by atoms with Crippen molar-refractivity contribution in [3.05, 3.63) is 154 Å². The highest BCUT2D eigenvalue weighted by molar-refractivity contribution is 6.21. The van der Waals surface area contributed by atoms with Crippen LogP contribution in [0.5, 0.6) is 0 Å². The van der Waals surface area contributed by atoms with E-state index in [1.165, 1.54) is 4.90 Å². The molecule has 0 fully saturated rings. The quantitative estimate of drug-likeness (QED) is 0.154. The van der Waals surface area contributed by atoms with Gasteiger partial charge in [0.05, 0.1) is 17.7 Å². The third-order valence-corrected chi connectivity index (χ3v) is 10.0. The number of nitrogens with one attached hydrogen (secondary N) is 4. The number of aromatic nitrogens is 4. The van der Waals surface area contributed by atoms with E-state index in [9.17, 15) is 9.59 Å². The predicted octanol–water partition coefficient (Wildman–Crippen LogP) is 6.53. The van der Waals surface area contributed by atoms with Crippen LogP contribution < -0.4 is 22.0 Å². The first kappa shape index (κ1) is 28.4. The van der Waals surface area contributed by atoms with E-state index in [0.717, 1.165) is 48.7 Å². The van der Waals surface area contributed by atoms with Crippen LogP contribution in [0.4, 0.5) is 23.3 Å². The van der Waals surface area contributed by atoms with Gasteiger partial charge in [0.1, 0.15) is 45.2 Å². The van der Waals surface area contributed by atoms with E-state index in [2.05, 4.69) is 19.9 Å². The lowest BCUT2D eigenvalue weighted by atomic mass is 10.1. The molecule has 0 unspecified atom stereocenters. The fraction of sp³-hybridized carbons (Fsp3) is 0.0244. The van der Waals surface area contributed by atoms with Crippen LogP contribution in [0.3, 0.4) is 0 Å². The van der Waals surface area contributed by atoms with Crippen molar-refractivity contribution in [1.82, 2.24) is 24.8 Å². The maximum atomic E-state index is 13.5. The van der Waals surface area contributed by atoms with E-state index in [1.807, 2.05) is 91.0 Å². The van der Waals surface area contributed by atoms with Gasteiger partial charge >= 0.3 is 0 Å². The summed E-state index contributed by atoms with van der Waals surface area (Å²) < 4.78 is 0. The molecule has 11 heteroatoms. The van der Waals surface area contributed by atoms with Crippen molar-refractivity contribution in [2.75, 3.05) is 0 Å². The Morgan fingerprint density at radius 2 is 0.788 bits per heavy atom. The highest BCUT2D eigenvalue weighted by Gasteiger charge is 2.35. The third-order valence-electron chi connectivity index (χ3n) is 10.0. The number of hydrogen-bond donors (Lipinski definition) is 4. The monoisotopic (exact) mass is 675 g/mol. The molecule has 0 radical (unpaired) electrons. The zero-order valence-corrected chi connectivity index (χ0v) is 27.2. The van der Waals surface area contributed by atoms with Gasteiger partial charge in [-0.2, -0.15) is 0 Å². The Morgan fingerprint density at radius 1 is 0.404 bits per heavy atom. The van der Waals surface area contributed by atoms with Crippen molar-refractivity contribution in [3.8, 4) is 0 Å². The minimum Gasteiger partial charge on any atom is -0.324 e. The second kappa shape index (κ2) is 10.6. The molecule has 2 amide bonds. The van der Waals surface area contributed by atoms with Crippen LogP contribution in [0.2, 0.25) is 0 Å². The second-order valence-electron chi connectivity index (χ2n) is 13.0. The molecule has 4 N–H and O–H groups in total. The van der Waals surface area contributed by atoms with E-state index in [-0.39, 0.29) is 18.4 Å². The Bertz CT molecular complexity index is 3250. The van der Waals surface area contributed by atoms with E-state index in [0.29, 0.717) is 56.3 Å². The predicted molar refractivity (Wildman–Crippen MR) is 197 cm³/mol. The highest BCUT2D eigenvalue weighted by atomic mass is 16.2. The van der Waals surface area contributed by atoms with Gasteiger partial charge in [-0.15, -0.1) is 0 Å². The molecule has 0 aliphatic carbocycles. The number of amides is 2. The number of carbonyl (C=O) groups excluding carboxylic acids is 2. The molecule has 5 aromatic carbocycles. The maximum absolute atomic E-state index is 13.5. The number of imide groups is 1. The summed E-state index contributed by atoms with van der Waals surface area (Å²) in [6.45, 7) is 0.0615. The van der Waals surface area contributed by atoms with Crippen molar-refractivity contribution in [2.45, 2.75) is 6.54 Å². The number of H-pyrrole nitrogens is 4. The Kier molecular flexibility index (Phi) is 5.77. The van der Waals surface area contributed by atoms with Gasteiger partial charge in [-0.3, -0.25) is 14.5 Å². The normalized spacial score (nSPS) is 13.7. The summed E-state index contributed by atoms with van der Waals surface area (Å²) in [4.78, 5) is 62.8. The summed E-state index contributed by atoms with van der Waals surface area (Å²) in [5.74, 6) is 1.79. The van der Waals surface area contributed by atoms with Crippen molar-refractivity contribution >= 4 is 78.2 Å². The molecule has 2 aliphatic rings. The molecule has 6 heterocycles. The molecule has 9 aromatic rings. The zero-order valence-electron chi connectivity index (χ0n) is 27.2. The van der Waals surface area contributed by atoms with Gasteiger partial charge in [0.15, 0.2) is 0 Å². The SMILES string of the molecule is O=C1c2ccccc2C(=O)N1Cc1cccc2c3[nH]c(c12)N=c1[nH]c(c2ccccc12)=Nc1[nH]c(c2ccccc12)N=c1[nH]c(c2ccccc12)=N3. The van der Waals surface area contributed by atoms with Gasteiger partial charge in [0.2, 0.25) is 0 Å². The van der Waals surface area contributed by atoms with Crippen molar-refractivity contribution in [2.24, 2.45) is 20.0 Å². The summed E-state index contributed by atoms with van der Waals surface area (Å²) in [5, 5.41) is 6.99. The highest BCUT2D eigenvalue weighted by Crippen LogP contribution is 2.38. The minimum absolute atomic E-state index is 0.0615. The zero-order chi connectivity index (χ0) is 34.5. The van der Waals surface area contributed by atoms with E-state index < -0.39 is 0 Å². The molecule has 11 nitrogen and oxygen atoms in total. The standard InChI is InChI=1S/C41H25N9O2/c51-40-28-17-7-8-18-29(28)41(52)50(40)20-21-10-9-19-30-31(21)39-48-37-27-16-6-5-15-26(27)35(46-37)44-33-23-12-2-1-11-22(23)32(42-33)43-34-24-13-3-4-14-25(24)36(45-34)47-38(30)49-39/h1-19H,20H2,(H4,42,43,44,45,46,47,48,49). The molecular weight excluding hydrogens is 651 g/mol. The fourth-order valence-electron chi connectivity index (χ4n) is 7.58. The molecule has 8 bridgehead atoms. The minimum atomic E-state index is -0.322. The molecule has 4 aromatic heterocycles. The van der Waals surface area contributed by atoms with Crippen LogP contribution in [0, 0.1) is 0 Å². The van der Waals surface area contributed by atoms with E-state index in [4.69, 9.17) is 20.0 Å². The van der Waals surface area contributed by atoms with Gasteiger partial charge in [-0.05, 0) is 17.7 Å². The molecule has 0 spiro atoms. The van der Waals surface area contributed by atoms with Crippen molar-refractivity contribution < 1.29 is 9.59 Å². The molecule has 11 rings (SSSR count). The summed E-state index contributed by atoms with van der Waals surface area (Å²) in [6, 6.07) is 36.8. The molecule has 0 saturated heterocycles. The second-order valence-corrected chi connectivity index (χ2v) is 13.0. The summed E-state index contributed by atoms with van der Waals surface area (Å²) in [6.07, 6.45) is 0. The Balaban J connectivity index is 1.24. The Labute approximate surface area is 292 Å². The van der Waals surface area contributed by atoms with Crippen LogP contribution >= 0.6 is 0 Å². The first-order valence-corrected chi connectivity index (χ1v) is 16.9. The average molecular weight is 676 g/mol. The molecular formula is C41H25N9O2. The first-order valence-electron chi connectivity index (χ1n) is 16.9. The van der Waals surface area contributed by atoms with Crippen LogP contribution in [-0.2, 0) is 6.54 Å². The molecule has 52 heavy (non-hydrogen) atoms. The number of rotatable bonds is 2. The topological polar surface area (TPSA) is 150 Å². The number of nitrogens with zero attached hydrogens (tertiary/aromatic N) is 5.